The molecule has 226 valence electrons. The average molecular weight is 597 g/mol. The van der Waals surface area contributed by atoms with Gasteiger partial charge in [0.1, 0.15) is 24.2 Å². The number of hydrogen-bond donors (Lipinski definition) is 1. The van der Waals surface area contributed by atoms with Gasteiger partial charge in [0.25, 0.3) is 5.69 Å². The minimum atomic E-state index is -0.397. The van der Waals surface area contributed by atoms with Crippen LogP contribution in [0.15, 0.2) is 83.9 Å². The lowest BCUT2D eigenvalue weighted by Gasteiger charge is -2.16. The van der Waals surface area contributed by atoms with Gasteiger partial charge in [-0.05, 0) is 87.0 Å². The van der Waals surface area contributed by atoms with Crippen LogP contribution in [0.5, 0.6) is 5.75 Å². The number of carbonyl (C=O) groups excluding carboxylic acids is 1. The number of aryl methyl sites for hydroxylation is 2. The number of aromatic nitrogens is 1. The van der Waals surface area contributed by atoms with E-state index in [2.05, 4.69) is 9.88 Å². The summed E-state index contributed by atoms with van der Waals surface area (Å²) in [5.41, 5.74) is 5.33. The highest BCUT2D eigenvalue weighted by Gasteiger charge is 2.18. The van der Waals surface area contributed by atoms with E-state index >= 15 is 0 Å². The summed E-state index contributed by atoms with van der Waals surface area (Å²) in [7, 11) is 1.62. The molecule has 5 rings (SSSR count). The fourth-order valence-electron chi connectivity index (χ4n) is 5.39. The van der Waals surface area contributed by atoms with Crippen LogP contribution in [-0.2, 0) is 16.1 Å². The van der Waals surface area contributed by atoms with Gasteiger partial charge in [-0.2, -0.15) is 0 Å². The van der Waals surface area contributed by atoms with Crippen molar-refractivity contribution in [1.29, 1.82) is 0 Å². The first-order chi connectivity index (χ1) is 21.2. The summed E-state index contributed by atoms with van der Waals surface area (Å²) in [6, 6.07) is 22.0. The van der Waals surface area contributed by atoms with Crippen molar-refractivity contribution >= 4 is 44.8 Å². The van der Waals surface area contributed by atoms with E-state index in [9.17, 15) is 19.3 Å². The summed E-state index contributed by atoms with van der Waals surface area (Å²) < 4.78 is 26.6. The molecular weight excluding hydrogens is 563 g/mol. The monoisotopic (exact) mass is 596 g/mol. The Hall–Kier alpha value is -5.09. The molecule has 1 amide bonds. The van der Waals surface area contributed by atoms with Crippen LogP contribution in [0.25, 0.3) is 21.8 Å². The van der Waals surface area contributed by atoms with E-state index < -0.39 is 10.7 Å². The standard InChI is InChI=1S/C34H33FN4O5/c1-5-38-31-14-6-23(17-29(31)30-18-26(39(41)42)11-15-32(30)38)34(36-19-33(40)37-25-9-7-24(35)8-10-25)28-13-12-27(16-21(28)2)44-22(3)20-43-4/h6-18,22H,5,19-20H2,1-4H3,(H,37,40). The molecule has 44 heavy (non-hydrogen) atoms. The summed E-state index contributed by atoms with van der Waals surface area (Å²) >= 11 is 0. The van der Waals surface area contributed by atoms with Crippen LogP contribution in [0.4, 0.5) is 15.8 Å². The third-order valence-electron chi connectivity index (χ3n) is 7.35. The summed E-state index contributed by atoms with van der Waals surface area (Å²) in [5, 5.41) is 16.0. The normalized spacial score (nSPS) is 12.4. The molecule has 0 radical (unpaired) electrons. The number of nitrogens with zero attached hydrogens (tertiary/aromatic N) is 3. The molecule has 10 heteroatoms. The van der Waals surface area contributed by atoms with E-state index in [1.807, 2.05) is 57.2 Å². The number of non-ortho nitro benzene ring substituents is 1. The Morgan fingerprint density at radius 1 is 1.02 bits per heavy atom. The van der Waals surface area contributed by atoms with E-state index in [-0.39, 0.29) is 24.2 Å². The zero-order valence-corrected chi connectivity index (χ0v) is 25.0. The highest BCUT2D eigenvalue weighted by molar-refractivity contribution is 6.18. The van der Waals surface area contributed by atoms with Gasteiger partial charge in [0.2, 0.25) is 5.91 Å². The average Bonchev–Trinajstić information content (AvgIpc) is 3.31. The number of hydrogen-bond acceptors (Lipinski definition) is 6. The van der Waals surface area contributed by atoms with Crippen LogP contribution in [-0.4, -0.2) is 47.5 Å². The van der Waals surface area contributed by atoms with Gasteiger partial charge in [0.15, 0.2) is 0 Å². The fourth-order valence-corrected chi connectivity index (χ4v) is 5.39. The van der Waals surface area contributed by atoms with Crippen LogP contribution < -0.4 is 10.1 Å². The van der Waals surface area contributed by atoms with Crippen molar-refractivity contribution in [1.82, 2.24) is 4.57 Å². The second-order valence-electron chi connectivity index (χ2n) is 10.5. The molecule has 0 spiro atoms. The van der Waals surface area contributed by atoms with Crippen molar-refractivity contribution in [2.45, 2.75) is 33.4 Å². The maximum atomic E-state index is 13.3. The van der Waals surface area contributed by atoms with E-state index in [4.69, 9.17) is 14.5 Å². The Morgan fingerprint density at radius 3 is 2.39 bits per heavy atom. The van der Waals surface area contributed by atoms with Crippen molar-refractivity contribution in [3.8, 4) is 5.75 Å². The topological polar surface area (TPSA) is 108 Å². The third-order valence-corrected chi connectivity index (χ3v) is 7.35. The third kappa shape index (κ3) is 6.45. The minimum absolute atomic E-state index is 0.0125. The molecule has 0 aliphatic carbocycles. The maximum Gasteiger partial charge on any atom is 0.270 e. The lowest BCUT2D eigenvalue weighted by Crippen LogP contribution is -2.18. The van der Waals surface area contributed by atoms with Gasteiger partial charge in [0.05, 0.1) is 17.2 Å². The first-order valence-corrected chi connectivity index (χ1v) is 14.3. The molecule has 0 saturated heterocycles. The molecule has 1 aromatic heterocycles. The zero-order valence-electron chi connectivity index (χ0n) is 25.0. The second-order valence-corrected chi connectivity index (χ2v) is 10.5. The SMILES string of the molecule is CCn1c2ccc(C(=NCC(=O)Nc3ccc(F)cc3)c3ccc(OC(C)COC)cc3C)cc2c2cc([N+](=O)[O-])ccc21. The first-order valence-electron chi connectivity index (χ1n) is 14.3. The second kappa shape index (κ2) is 13.0. The number of nitro benzene ring substituents is 1. The number of nitrogens with one attached hydrogen (secondary N) is 1. The van der Waals surface area contributed by atoms with Crippen LogP contribution >= 0.6 is 0 Å². The number of ether oxygens (including phenoxy) is 2. The van der Waals surface area contributed by atoms with E-state index in [1.54, 1.807) is 19.2 Å². The molecule has 0 bridgehead atoms. The van der Waals surface area contributed by atoms with Gasteiger partial charge in [0, 0.05) is 64.4 Å². The van der Waals surface area contributed by atoms with Crippen LogP contribution in [0, 0.1) is 22.9 Å². The number of carbonyl (C=O) groups is 1. The van der Waals surface area contributed by atoms with E-state index in [0.29, 0.717) is 30.3 Å². The van der Waals surface area contributed by atoms with Gasteiger partial charge in [-0.25, -0.2) is 4.39 Å². The lowest BCUT2D eigenvalue weighted by molar-refractivity contribution is -0.384. The Bertz CT molecular complexity index is 1880. The quantitative estimate of drug-likeness (QED) is 0.0998. The number of nitro groups is 1. The van der Waals surface area contributed by atoms with Gasteiger partial charge in [-0.15, -0.1) is 0 Å². The number of aliphatic imine (C=N–C) groups is 1. The molecule has 0 saturated carbocycles. The molecule has 1 unspecified atom stereocenters. The van der Waals surface area contributed by atoms with Crippen LogP contribution in [0.2, 0.25) is 0 Å². The van der Waals surface area contributed by atoms with Gasteiger partial charge in [-0.1, -0.05) is 6.07 Å². The number of halogens is 1. The molecule has 0 fully saturated rings. The number of amides is 1. The molecule has 0 aliphatic heterocycles. The molecular formula is C34H33FN4O5. The number of fused-ring (bicyclic) bond motifs is 3. The lowest BCUT2D eigenvalue weighted by atomic mass is 9.96. The summed E-state index contributed by atoms with van der Waals surface area (Å²) in [5.74, 6) is -0.0784. The van der Waals surface area contributed by atoms with Crippen molar-refractivity contribution in [3.05, 3.63) is 111 Å². The van der Waals surface area contributed by atoms with Crippen molar-refractivity contribution in [2.24, 2.45) is 4.99 Å². The van der Waals surface area contributed by atoms with Gasteiger partial charge >= 0.3 is 0 Å². The maximum absolute atomic E-state index is 13.3. The van der Waals surface area contributed by atoms with Gasteiger partial charge in [-0.3, -0.25) is 19.9 Å². The highest BCUT2D eigenvalue weighted by Crippen LogP contribution is 2.33. The summed E-state index contributed by atoms with van der Waals surface area (Å²) in [4.78, 5) is 28.9. The van der Waals surface area contributed by atoms with E-state index in [1.165, 1.54) is 30.3 Å². The molecule has 0 aliphatic rings. The van der Waals surface area contributed by atoms with Crippen molar-refractivity contribution in [2.75, 3.05) is 25.6 Å². The van der Waals surface area contributed by atoms with Crippen molar-refractivity contribution < 1.29 is 23.6 Å². The van der Waals surface area contributed by atoms with Crippen LogP contribution in [0.3, 0.4) is 0 Å². The smallest absolute Gasteiger partial charge is 0.270 e. The Balaban J connectivity index is 1.59. The largest absolute Gasteiger partial charge is 0.488 e. The zero-order chi connectivity index (χ0) is 31.4. The van der Waals surface area contributed by atoms with Crippen molar-refractivity contribution in [3.63, 3.8) is 0 Å². The predicted octanol–water partition coefficient (Wildman–Crippen LogP) is 7.06. The molecule has 1 heterocycles. The highest BCUT2D eigenvalue weighted by atomic mass is 19.1. The Kier molecular flexibility index (Phi) is 9.01. The fraction of sp³-hybridized carbons (Fsp3) is 0.235. The number of rotatable bonds is 11. The number of benzene rings is 4. The van der Waals surface area contributed by atoms with Crippen LogP contribution in [0.1, 0.15) is 30.5 Å². The van der Waals surface area contributed by atoms with Gasteiger partial charge < -0.3 is 19.4 Å². The predicted molar refractivity (Wildman–Crippen MR) is 170 cm³/mol. The minimum Gasteiger partial charge on any atom is -0.488 e. The molecule has 4 aromatic carbocycles. The Morgan fingerprint density at radius 2 is 1.73 bits per heavy atom. The van der Waals surface area contributed by atoms with E-state index in [0.717, 1.165) is 38.5 Å². The first kappa shape index (κ1) is 30.4. The summed E-state index contributed by atoms with van der Waals surface area (Å²) in [6.07, 6.45) is -0.143. The molecule has 5 aromatic rings. The molecule has 1 atom stereocenters. The number of anilines is 1. The molecule has 1 N–H and O–H groups in total. The summed E-state index contributed by atoms with van der Waals surface area (Å²) in [6.45, 7) is 6.84. The Labute approximate surface area is 254 Å². The molecule has 9 nitrogen and oxygen atoms in total. The number of methoxy groups -OCH3 is 1.